The summed E-state index contributed by atoms with van der Waals surface area (Å²) in [6.07, 6.45) is 1.61. The van der Waals surface area contributed by atoms with Crippen LogP contribution in [-0.2, 0) is 4.74 Å². The van der Waals surface area contributed by atoms with Gasteiger partial charge in [0, 0.05) is 20.2 Å². The molecule has 5 heteroatoms. The van der Waals surface area contributed by atoms with Crippen molar-refractivity contribution in [2.75, 3.05) is 37.4 Å². The van der Waals surface area contributed by atoms with Crippen LogP contribution in [-0.4, -0.2) is 31.8 Å². The van der Waals surface area contributed by atoms with E-state index in [0.717, 1.165) is 18.9 Å². The van der Waals surface area contributed by atoms with Crippen LogP contribution in [0.2, 0.25) is 5.02 Å². The molecule has 0 atom stereocenters. The molecule has 0 aromatic carbocycles. The number of halogens is 1. The van der Waals surface area contributed by atoms with Crippen molar-refractivity contribution in [2.24, 2.45) is 0 Å². The lowest BCUT2D eigenvalue weighted by atomic mass is 10.3. The monoisotopic (exact) mass is 229 g/mol. The fraction of sp³-hybridized carbons (Fsp3) is 0.500. The quantitative estimate of drug-likeness (QED) is 0.837. The maximum atomic E-state index is 6.06. The highest BCUT2D eigenvalue weighted by molar-refractivity contribution is 6.33. The van der Waals surface area contributed by atoms with E-state index in [4.69, 9.17) is 22.1 Å². The van der Waals surface area contributed by atoms with E-state index in [1.807, 2.05) is 11.8 Å². The van der Waals surface area contributed by atoms with E-state index >= 15 is 0 Å². The molecule has 0 aliphatic rings. The number of aromatic nitrogens is 1. The molecule has 84 valence electrons. The Hall–Kier alpha value is -1.00. The van der Waals surface area contributed by atoms with Gasteiger partial charge >= 0.3 is 0 Å². The lowest BCUT2D eigenvalue weighted by molar-refractivity contribution is 0.205. The van der Waals surface area contributed by atoms with Gasteiger partial charge < -0.3 is 15.4 Å². The number of likely N-dealkylation sites (N-methyl/N-ethyl adjacent to an activating group) is 1. The highest BCUT2D eigenvalue weighted by Gasteiger charge is 2.09. The first-order valence-electron chi connectivity index (χ1n) is 4.84. The lowest BCUT2D eigenvalue weighted by Crippen LogP contribution is -2.27. The van der Waals surface area contributed by atoms with Gasteiger partial charge in [0.1, 0.15) is 5.82 Å². The first-order valence-corrected chi connectivity index (χ1v) is 5.21. The smallest absolute Gasteiger partial charge is 0.147 e. The van der Waals surface area contributed by atoms with E-state index in [0.29, 0.717) is 17.3 Å². The van der Waals surface area contributed by atoms with Gasteiger partial charge in [0.15, 0.2) is 0 Å². The third kappa shape index (κ3) is 3.25. The van der Waals surface area contributed by atoms with Crippen LogP contribution in [0.1, 0.15) is 6.92 Å². The second-order valence-corrected chi connectivity index (χ2v) is 3.55. The summed E-state index contributed by atoms with van der Waals surface area (Å²) in [7, 11) is 1.67. The summed E-state index contributed by atoms with van der Waals surface area (Å²) in [5.74, 6) is 0.755. The lowest BCUT2D eigenvalue weighted by Gasteiger charge is -2.22. The zero-order chi connectivity index (χ0) is 11.3. The van der Waals surface area contributed by atoms with Crippen molar-refractivity contribution in [1.82, 2.24) is 4.98 Å². The van der Waals surface area contributed by atoms with E-state index in [1.165, 1.54) is 0 Å². The number of rotatable bonds is 5. The van der Waals surface area contributed by atoms with E-state index in [9.17, 15) is 0 Å². The zero-order valence-corrected chi connectivity index (χ0v) is 9.79. The molecule has 0 radical (unpaired) electrons. The van der Waals surface area contributed by atoms with Gasteiger partial charge in [0.05, 0.1) is 23.5 Å². The van der Waals surface area contributed by atoms with Crippen LogP contribution in [0.5, 0.6) is 0 Å². The molecular formula is C10H16ClN3O. The number of methoxy groups -OCH3 is 1. The zero-order valence-electron chi connectivity index (χ0n) is 9.03. The van der Waals surface area contributed by atoms with Crippen LogP contribution in [0.4, 0.5) is 11.5 Å². The van der Waals surface area contributed by atoms with E-state index in [-0.39, 0.29) is 0 Å². The minimum Gasteiger partial charge on any atom is -0.397 e. The molecule has 0 amide bonds. The molecule has 0 aliphatic carbocycles. The maximum Gasteiger partial charge on any atom is 0.147 e. The van der Waals surface area contributed by atoms with Gasteiger partial charge in [0.25, 0.3) is 0 Å². The third-order valence-electron chi connectivity index (χ3n) is 2.09. The summed E-state index contributed by atoms with van der Waals surface area (Å²) < 4.78 is 5.02. The average Bonchev–Trinajstić information content (AvgIpc) is 2.21. The van der Waals surface area contributed by atoms with Crippen LogP contribution in [0.15, 0.2) is 12.3 Å². The summed E-state index contributed by atoms with van der Waals surface area (Å²) in [6.45, 7) is 4.30. The second kappa shape index (κ2) is 5.78. The molecule has 0 fully saturated rings. The Labute approximate surface area is 95.0 Å². The standard InChI is InChI=1S/C10H16ClN3O/c1-3-14(4-5-15-2)10-9(11)6-8(12)7-13-10/h6-7H,3-5,12H2,1-2H3. The molecule has 0 aliphatic heterocycles. The van der Waals surface area contributed by atoms with Crippen molar-refractivity contribution < 1.29 is 4.74 Å². The molecule has 0 unspecified atom stereocenters. The van der Waals surface area contributed by atoms with Gasteiger partial charge in [-0.3, -0.25) is 0 Å². The summed E-state index contributed by atoms with van der Waals surface area (Å²) >= 11 is 6.06. The number of hydrogen-bond donors (Lipinski definition) is 1. The van der Waals surface area contributed by atoms with Crippen molar-refractivity contribution >= 4 is 23.1 Å². The predicted octanol–water partition coefficient (Wildman–Crippen LogP) is 1.79. The average molecular weight is 230 g/mol. The minimum absolute atomic E-state index is 0.576. The van der Waals surface area contributed by atoms with Gasteiger partial charge in [-0.25, -0.2) is 4.98 Å². The summed E-state index contributed by atoms with van der Waals surface area (Å²) in [5.41, 5.74) is 6.15. The Morgan fingerprint density at radius 3 is 2.87 bits per heavy atom. The van der Waals surface area contributed by atoms with Gasteiger partial charge in [-0.1, -0.05) is 11.6 Å². The second-order valence-electron chi connectivity index (χ2n) is 3.15. The fourth-order valence-corrected chi connectivity index (χ4v) is 1.59. The molecule has 1 heterocycles. The first kappa shape index (κ1) is 12.1. The number of nitrogens with zero attached hydrogens (tertiary/aromatic N) is 2. The SMILES string of the molecule is CCN(CCOC)c1ncc(N)cc1Cl. The van der Waals surface area contributed by atoms with Crippen LogP contribution in [0, 0.1) is 0 Å². The number of pyridine rings is 1. The Morgan fingerprint density at radius 2 is 2.33 bits per heavy atom. The topological polar surface area (TPSA) is 51.4 Å². The number of nitrogen functional groups attached to an aromatic ring is 1. The van der Waals surface area contributed by atoms with Crippen LogP contribution in [0.25, 0.3) is 0 Å². The van der Waals surface area contributed by atoms with Crippen molar-refractivity contribution in [3.8, 4) is 0 Å². The molecule has 0 saturated heterocycles. The largest absolute Gasteiger partial charge is 0.397 e. The van der Waals surface area contributed by atoms with E-state index in [1.54, 1.807) is 19.4 Å². The van der Waals surface area contributed by atoms with Crippen molar-refractivity contribution in [2.45, 2.75) is 6.92 Å². The first-order chi connectivity index (χ1) is 7.19. The Bertz CT molecular complexity index is 320. The van der Waals surface area contributed by atoms with Crippen molar-refractivity contribution in [3.63, 3.8) is 0 Å². The molecule has 4 nitrogen and oxygen atoms in total. The van der Waals surface area contributed by atoms with Gasteiger partial charge in [-0.05, 0) is 13.0 Å². The summed E-state index contributed by atoms with van der Waals surface area (Å²) in [5, 5.41) is 0.577. The highest BCUT2D eigenvalue weighted by atomic mass is 35.5. The van der Waals surface area contributed by atoms with E-state index < -0.39 is 0 Å². The Kier molecular flexibility index (Phi) is 4.65. The molecule has 15 heavy (non-hydrogen) atoms. The van der Waals surface area contributed by atoms with E-state index in [2.05, 4.69) is 4.98 Å². The number of anilines is 2. The van der Waals surface area contributed by atoms with Gasteiger partial charge in [-0.15, -0.1) is 0 Å². The Morgan fingerprint density at radius 1 is 1.60 bits per heavy atom. The van der Waals surface area contributed by atoms with Gasteiger partial charge in [0.2, 0.25) is 0 Å². The summed E-state index contributed by atoms with van der Waals surface area (Å²) in [6, 6.07) is 1.71. The molecule has 1 aromatic heterocycles. The van der Waals surface area contributed by atoms with Crippen LogP contribution < -0.4 is 10.6 Å². The number of hydrogen-bond acceptors (Lipinski definition) is 4. The molecular weight excluding hydrogens is 214 g/mol. The molecule has 1 rings (SSSR count). The normalized spacial score (nSPS) is 10.3. The molecule has 0 saturated carbocycles. The van der Waals surface area contributed by atoms with Crippen molar-refractivity contribution in [3.05, 3.63) is 17.3 Å². The number of nitrogens with two attached hydrogens (primary N) is 1. The summed E-state index contributed by atoms with van der Waals surface area (Å²) in [4.78, 5) is 6.26. The third-order valence-corrected chi connectivity index (χ3v) is 2.37. The predicted molar refractivity (Wildman–Crippen MR) is 63.4 cm³/mol. The van der Waals surface area contributed by atoms with Crippen LogP contribution >= 0.6 is 11.6 Å². The molecule has 2 N–H and O–H groups in total. The van der Waals surface area contributed by atoms with Gasteiger partial charge in [-0.2, -0.15) is 0 Å². The maximum absolute atomic E-state index is 6.06. The fourth-order valence-electron chi connectivity index (χ4n) is 1.29. The van der Waals surface area contributed by atoms with Crippen molar-refractivity contribution in [1.29, 1.82) is 0 Å². The number of ether oxygens (including phenoxy) is 1. The minimum atomic E-state index is 0.576. The van der Waals surface area contributed by atoms with Crippen LogP contribution in [0.3, 0.4) is 0 Å². The Balaban J connectivity index is 2.81. The molecule has 0 spiro atoms. The molecule has 0 bridgehead atoms. The molecule has 1 aromatic rings. The highest BCUT2D eigenvalue weighted by Crippen LogP contribution is 2.24.